The Hall–Kier alpha value is 0. The summed E-state index contributed by atoms with van der Waals surface area (Å²) in [6, 6.07) is 0. The van der Waals surface area contributed by atoms with E-state index in [4.69, 9.17) is 0 Å². The second-order valence-corrected chi connectivity index (χ2v) is 1.44. The molecule has 0 saturated carbocycles. The highest BCUT2D eigenvalue weighted by Gasteiger charge is 1.94. The van der Waals surface area contributed by atoms with Gasteiger partial charge in [0.2, 0.25) is 0 Å². The maximum atomic E-state index is 3.55. The van der Waals surface area contributed by atoms with E-state index in [1.165, 1.54) is 5.92 Å². The summed E-state index contributed by atoms with van der Waals surface area (Å²) in [5.74, 6) is 1.26. The summed E-state index contributed by atoms with van der Waals surface area (Å²) in [5, 5.41) is 0. The minimum atomic E-state index is 1.26. The van der Waals surface area contributed by atoms with E-state index in [0.717, 1.165) is 0 Å². The first-order valence-corrected chi connectivity index (χ1v) is 2.40. The maximum Gasteiger partial charge on any atom is -0.0204 e. The summed E-state index contributed by atoms with van der Waals surface area (Å²) in [6.45, 7) is 7.60. The maximum absolute atomic E-state index is 3.55. The van der Waals surface area contributed by atoms with Crippen LogP contribution >= 0.6 is 0 Å². The zero-order chi connectivity index (χ0) is 5.70. The Labute approximate surface area is 46.9 Å². The summed E-state index contributed by atoms with van der Waals surface area (Å²) in [5.41, 5.74) is 0. The molecule has 0 rings (SSSR count). The molecule has 5 radical (unpaired) electrons. The van der Waals surface area contributed by atoms with Crippen LogP contribution < -0.4 is 0 Å². The molecule has 0 aliphatic heterocycles. The molecule has 0 aromatic rings. The molecular formula is C7H11. The van der Waals surface area contributed by atoms with E-state index < -0.39 is 0 Å². The van der Waals surface area contributed by atoms with Crippen LogP contribution in [0.4, 0.5) is 0 Å². The van der Waals surface area contributed by atoms with Crippen molar-refractivity contribution in [3.8, 4) is 0 Å². The Morgan fingerprint density at radius 2 is 2.14 bits per heavy atom. The molecule has 39 valence electrons. The molecule has 0 N–H and O–H groups in total. The fraction of sp³-hybridized carbons (Fsp3) is 0.286. The van der Waals surface area contributed by atoms with Crippen LogP contribution in [0.1, 0.15) is 13.8 Å². The van der Waals surface area contributed by atoms with Crippen LogP contribution in [0.3, 0.4) is 0 Å². The van der Waals surface area contributed by atoms with Gasteiger partial charge in [-0.05, 0) is 32.1 Å². The van der Waals surface area contributed by atoms with E-state index in [2.05, 4.69) is 6.92 Å². The molecule has 0 unspecified atom stereocenters. The zero-order valence-corrected chi connectivity index (χ0v) is 4.94. The molecular weight excluding hydrogens is 84.1 g/mol. The minimum Gasteiger partial charge on any atom is -0.0617 e. The van der Waals surface area contributed by atoms with Gasteiger partial charge in [0.15, 0.2) is 0 Å². The molecule has 0 aliphatic rings. The minimum absolute atomic E-state index is 1.26. The van der Waals surface area contributed by atoms with Crippen molar-refractivity contribution in [1.82, 2.24) is 0 Å². The van der Waals surface area contributed by atoms with Crippen LogP contribution in [-0.2, 0) is 0 Å². The first-order chi connectivity index (χ1) is 3.31. The first kappa shape index (κ1) is 7.00. The molecule has 0 nitrogen and oxygen atoms in total. The molecule has 0 amide bonds. The molecule has 0 aromatic carbocycles. The predicted molar refractivity (Wildman–Crippen MR) is 32.8 cm³/mol. The Kier molecular flexibility index (Phi) is 4.17. The Morgan fingerprint density at radius 3 is 2.29 bits per heavy atom. The highest BCUT2D eigenvalue weighted by atomic mass is 14.0. The summed E-state index contributed by atoms with van der Waals surface area (Å²) in [4.78, 5) is 0. The number of hydrogen-bond acceptors (Lipinski definition) is 0. The molecule has 0 saturated heterocycles. The van der Waals surface area contributed by atoms with E-state index in [1.807, 2.05) is 26.7 Å². The Morgan fingerprint density at radius 1 is 1.57 bits per heavy atom. The largest absolute Gasteiger partial charge is 0.0617 e. The monoisotopic (exact) mass is 95.1 g/mol. The lowest BCUT2D eigenvalue weighted by molar-refractivity contribution is 1.13. The average molecular weight is 95.2 g/mol. The average Bonchev–Trinajstić information content (AvgIpc) is 1.68. The van der Waals surface area contributed by atoms with Crippen molar-refractivity contribution in [1.29, 1.82) is 0 Å². The predicted octanol–water partition coefficient (Wildman–Crippen LogP) is 2.05. The van der Waals surface area contributed by atoms with Crippen molar-refractivity contribution < 1.29 is 0 Å². The molecule has 0 spiro atoms. The van der Waals surface area contributed by atoms with Gasteiger partial charge in [-0.3, -0.25) is 0 Å². The van der Waals surface area contributed by atoms with Gasteiger partial charge in [-0.25, -0.2) is 0 Å². The lowest BCUT2D eigenvalue weighted by Crippen LogP contribution is -1.88. The van der Waals surface area contributed by atoms with E-state index in [0.29, 0.717) is 0 Å². The summed E-state index contributed by atoms with van der Waals surface area (Å²) in [7, 11) is 0. The van der Waals surface area contributed by atoms with Crippen LogP contribution in [0.5, 0.6) is 0 Å². The SMILES string of the molecule is [CH2][CH][CH][C](C)[CH]C. The van der Waals surface area contributed by atoms with Crippen molar-refractivity contribution in [3.05, 3.63) is 32.1 Å². The smallest absolute Gasteiger partial charge is 0.0204 e. The normalized spacial score (nSPS) is 10.3. The van der Waals surface area contributed by atoms with Crippen molar-refractivity contribution in [3.63, 3.8) is 0 Å². The second kappa shape index (κ2) is 4.17. The van der Waals surface area contributed by atoms with Crippen LogP contribution in [0.15, 0.2) is 0 Å². The van der Waals surface area contributed by atoms with E-state index in [9.17, 15) is 0 Å². The van der Waals surface area contributed by atoms with Gasteiger partial charge in [-0.2, -0.15) is 0 Å². The quantitative estimate of drug-likeness (QED) is 0.503. The zero-order valence-electron chi connectivity index (χ0n) is 4.94. The standard InChI is InChI=1S/C7H11/c1-4-6-7(3)5-2/h4-6H,1H2,2-3H3. The third kappa shape index (κ3) is 3.84. The summed E-state index contributed by atoms with van der Waals surface area (Å²) in [6.07, 6.45) is 5.80. The van der Waals surface area contributed by atoms with Gasteiger partial charge < -0.3 is 0 Å². The van der Waals surface area contributed by atoms with Crippen LogP contribution in [0, 0.1) is 32.1 Å². The second-order valence-electron chi connectivity index (χ2n) is 1.44. The molecule has 0 heterocycles. The van der Waals surface area contributed by atoms with Crippen molar-refractivity contribution in [2.75, 3.05) is 0 Å². The number of hydrogen-bond donors (Lipinski definition) is 0. The highest BCUT2D eigenvalue weighted by Crippen LogP contribution is 2.06. The summed E-state index contributed by atoms with van der Waals surface area (Å²) < 4.78 is 0. The fourth-order valence-electron chi connectivity index (χ4n) is 0.282. The van der Waals surface area contributed by atoms with Gasteiger partial charge in [0.1, 0.15) is 0 Å². The van der Waals surface area contributed by atoms with Crippen LogP contribution in [-0.4, -0.2) is 0 Å². The van der Waals surface area contributed by atoms with E-state index in [1.54, 1.807) is 6.42 Å². The highest BCUT2D eigenvalue weighted by molar-refractivity contribution is 5.14. The molecule has 0 atom stereocenters. The van der Waals surface area contributed by atoms with Crippen molar-refractivity contribution >= 4 is 0 Å². The topological polar surface area (TPSA) is 0 Å². The molecule has 0 aliphatic carbocycles. The van der Waals surface area contributed by atoms with Crippen molar-refractivity contribution in [2.45, 2.75) is 13.8 Å². The summed E-state index contributed by atoms with van der Waals surface area (Å²) >= 11 is 0. The Bertz CT molecular complexity index is 31.0. The molecule has 0 fully saturated rings. The van der Waals surface area contributed by atoms with Gasteiger partial charge in [0.05, 0.1) is 0 Å². The first-order valence-electron chi connectivity index (χ1n) is 2.40. The molecule has 7 heavy (non-hydrogen) atoms. The molecule has 0 heteroatoms. The van der Waals surface area contributed by atoms with Gasteiger partial charge in [0, 0.05) is 0 Å². The van der Waals surface area contributed by atoms with E-state index in [-0.39, 0.29) is 0 Å². The van der Waals surface area contributed by atoms with Crippen LogP contribution in [0.2, 0.25) is 0 Å². The Balaban J connectivity index is 2.83. The van der Waals surface area contributed by atoms with E-state index >= 15 is 0 Å². The lowest BCUT2D eigenvalue weighted by Gasteiger charge is -2.00. The molecule has 0 aromatic heterocycles. The third-order valence-electron chi connectivity index (χ3n) is 0.836. The third-order valence-corrected chi connectivity index (χ3v) is 0.836. The fourth-order valence-corrected chi connectivity index (χ4v) is 0.282. The van der Waals surface area contributed by atoms with Gasteiger partial charge in [-0.1, -0.05) is 13.8 Å². The van der Waals surface area contributed by atoms with Crippen molar-refractivity contribution in [2.24, 2.45) is 0 Å². The molecule has 0 bridgehead atoms. The van der Waals surface area contributed by atoms with Gasteiger partial charge >= 0.3 is 0 Å². The van der Waals surface area contributed by atoms with Gasteiger partial charge in [-0.15, -0.1) is 0 Å². The number of rotatable bonds is 3. The van der Waals surface area contributed by atoms with Gasteiger partial charge in [0.25, 0.3) is 0 Å². The lowest BCUT2D eigenvalue weighted by atomic mass is 10.0. The van der Waals surface area contributed by atoms with Crippen LogP contribution in [0.25, 0.3) is 0 Å².